The number of aromatic nitrogens is 3. The van der Waals surface area contributed by atoms with Crippen molar-refractivity contribution in [3.8, 4) is 11.4 Å². The molecule has 0 aliphatic heterocycles. The minimum absolute atomic E-state index is 0.0435. The normalized spacial score (nSPS) is 16.1. The van der Waals surface area contributed by atoms with Crippen LogP contribution in [0.2, 0.25) is 0 Å². The van der Waals surface area contributed by atoms with Crippen LogP contribution < -0.4 is 10.9 Å². The van der Waals surface area contributed by atoms with Gasteiger partial charge in [0, 0.05) is 37.0 Å². The van der Waals surface area contributed by atoms with Crippen LogP contribution in [0.4, 0.5) is 0 Å². The van der Waals surface area contributed by atoms with Gasteiger partial charge >= 0.3 is 5.97 Å². The molecular weight excluding hydrogens is 458 g/mol. The Labute approximate surface area is 211 Å². The molecule has 0 saturated heterocycles. The molecule has 9 nitrogen and oxygen atoms in total. The Morgan fingerprint density at radius 1 is 1.31 bits per heavy atom. The molecule has 0 bridgehead atoms. The number of aliphatic hydroxyl groups is 1. The van der Waals surface area contributed by atoms with Gasteiger partial charge in [0.2, 0.25) is 0 Å². The largest absolute Gasteiger partial charge is 0.461 e. The van der Waals surface area contributed by atoms with E-state index in [1.165, 1.54) is 0 Å². The summed E-state index contributed by atoms with van der Waals surface area (Å²) >= 11 is 0. The van der Waals surface area contributed by atoms with E-state index < -0.39 is 18.1 Å². The Hall–Kier alpha value is -3.01. The quantitative estimate of drug-likeness (QED) is 0.371. The second kappa shape index (κ2) is 11.4. The Morgan fingerprint density at radius 3 is 2.72 bits per heavy atom. The summed E-state index contributed by atoms with van der Waals surface area (Å²) in [7, 11) is 4.06. The number of carbonyl (C=O) groups excluding carboxylic acids is 1. The monoisotopic (exact) mass is 495 g/mol. The number of aryl methyl sites for hydroxylation is 1. The van der Waals surface area contributed by atoms with Crippen LogP contribution in [-0.4, -0.2) is 69.4 Å². The number of hydrogen-bond donors (Lipinski definition) is 3. The fourth-order valence-corrected chi connectivity index (χ4v) is 4.68. The van der Waals surface area contributed by atoms with Crippen LogP contribution in [0, 0.1) is 6.92 Å². The highest BCUT2D eigenvalue weighted by molar-refractivity contribution is 5.81. The number of pyridine rings is 1. The van der Waals surface area contributed by atoms with Crippen molar-refractivity contribution in [2.45, 2.75) is 70.9 Å². The molecule has 2 heterocycles. The van der Waals surface area contributed by atoms with Gasteiger partial charge in [-0.2, -0.15) is 0 Å². The maximum atomic E-state index is 12.7. The molecule has 4 rings (SSSR count). The lowest BCUT2D eigenvalue weighted by atomic mass is 10.1. The molecule has 0 spiro atoms. The number of likely N-dealkylation sites (N-methyl/N-ethyl adjacent to an activating group) is 1. The van der Waals surface area contributed by atoms with E-state index in [0.717, 1.165) is 66.8 Å². The first kappa shape index (κ1) is 26.1. The molecule has 0 amide bonds. The third kappa shape index (κ3) is 6.03. The van der Waals surface area contributed by atoms with Crippen molar-refractivity contribution in [2.75, 3.05) is 20.6 Å². The third-order valence-electron chi connectivity index (χ3n) is 6.78. The van der Waals surface area contributed by atoms with Crippen molar-refractivity contribution < 1.29 is 14.6 Å². The molecular formula is C27H37N5O4. The lowest BCUT2D eigenvalue weighted by molar-refractivity contribution is -0.154. The third-order valence-corrected chi connectivity index (χ3v) is 6.78. The minimum atomic E-state index is -0.872. The van der Waals surface area contributed by atoms with Gasteiger partial charge in [0.15, 0.2) is 0 Å². The molecule has 3 aromatic rings. The maximum absolute atomic E-state index is 12.7. The minimum Gasteiger partial charge on any atom is -0.461 e. The van der Waals surface area contributed by atoms with Gasteiger partial charge in [-0.25, -0.2) is 4.98 Å². The number of rotatable bonds is 10. The van der Waals surface area contributed by atoms with E-state index in [1.807, 2.05) is 38.4 Å². The molecule has 36 heavy (non-hydrogen) atoms. The number of aromatic amines is 1. The molecule has 2 aromatic heterocycles. The van der Waals surface area contributed by atoms with Crippen molar-refractivity contribution in [1.82, 2.24) is 24.8 Å². The predicted molar refractivity (Wildman–Crippen MR) is 140 cm³/mol. The summed E-state index contributed by atoms with van der Waals surface area (Å²) in [6.45, 7) is 5.36. The highest BCUT2D eigenvalue weighted by Gasteiger charge is 2.28. The summed E-state index contributed by atoms with van der Waals surface area (Å²) in [6.07, 6.45) is 4.72. The molecule has 0 radical (unpaired) electrons. The first-order valence-electron chi connectivity index (χ1n) is 12.7. The number of nitrogens with zero attached hydrogens (tertiary/aromatic N) is 3. The number of fused-ring (bicyclic) bond motifs is 1. The van der Waals surface area contributed by atoms with Gasteiger partial charge in [-0.1, -0.05) is 6.07 Å². The Balaban J connectivity index is 1.57. The van der Waals surface area contributed by atoms with Crippen LogP contribution in [0.5, 0.6) is 0 Å². The lowest BCUT2D eigenvalue weighted by Crippen LogP contribution is -2.46. The smallest absolute Gasteiger partial charge is 0.326 e. The molecule has 1 aliphatic rings. The number of H-pyrrole nitrogens is 1. The van der Waals surface area contributed by atoms with Crippen molar-refractivity contribution in [3.63, 3.8) is 0 Å². The first-order valence-corrected chi connectivity index (χ1v) is 12.7. The summed E-state index contributed by atoms with van der Waals surface area (Å²) in [6, 6.07) is 7.10. The second-order valence-electron chi connectivity index (χ2n) is 10.1. The first-order chi connectivity index (χ1) is 17.2. The predicted octanol–water partition coefficient (Wildman–Crippen LogP) is 2.59. The Morgan fingerprint density at radius 2 is 2.06 bits per heavy atom. The summed E-state index contributed by atoms with van der Waals surface area (Å²) in [4.78, 5) is 34.4. The van der Waals surface area contributed by atoms with E-state index >= 15 is 0 Å². The van der Waals surface area contributed by atoms with Crippen molar-refractivity contribution in [1.29, 1.82) is 0 Å². The zero-order chi connectivity index (χ0) is 25.8. The van der Waals surface area contributed by atoms with Crippen molar-refractivity contribution >= 4 is 17.0 Å². The van der Waals surface area contributed by atoms with Gasteiger partial charge in [0.1, 0.15) is 18.0 Å². The van der Waals surface area contributed by atoms with E-state index in [1.54, 1.807) is 20.0 Å². The molecule has 194 valence electrons. The van der Waals surface area contributed by atoms with Crippen molar-refractivity contribution in [3.05, 3.63) is 51.9 Å². The van der Waals surface area contributed by atoms with Gasteiger partial charge in [-0.05, 0) is 77.4 Å². The zero-order valence-electron chi connectivity index (χ0n) is 21.6. The van der Waals surface area contributed by atoms with E-state index in [4.69, 9.17) is 9.72 Å². The fraction of sp³-hybridized carbons (Fsp3) is 0.519. The van der Waals surface area contributed by atoms with E-state index in [9.17, 15) is 14.7 Å². The summed E-state index contributed by atoms with van der Waals surface area (Å²) in [5.74, 6) is 0.389. The number of carbonyl (C=O) groups is 1. The van der Waals surface area contributed by atoms with Gasteiger partial charge in [0.25, 0.3) is 5.56 Å². The maximum Gasteiger partial charge on any atom is 0.326 e. The SMILES string of the molecule is Cc1cc(-c2nc3cc(CNC(C(=O)OC4CCCC4)[C@@H](C)O)ccc3n2CCN(C)C)c[nH]c1=O. The van der Waals surface area contributed by atoms with Crippen LogP contribution in [0.1, 0.15) is 43.7 Å². The molecule has 3 N–H and O–H groups in total. The summed E-state index contributed by atoms with van der Waals surface area (Å²) < 4.78 is 7.78. The van der Waals surface area contributed by atoms with Crippen LogP contribution in [0.25, 0.3) is 22.4 Å². The van der Waals surface area contributed by atoms with E-state index in [2.05, 4.69) is 19.8 Å². The molecule has 1 saturated carbocycles. The van der Waals surface area contributed by atoms with Gasteiger partial charge in [-0.15, -0.1) is 0 Å². The Kier molecular flexibility index (Phi) is 8.23. The molecule has 1 fully saturated rings. The van der Waals surface area contributed by atoms with E-state index in [-0.39, 0.29) is 11.7 Å². The standard InChI is InChI=1S/C27H37N5O4/c1-17-13-20(16-29-26(17)34)25-30-22-14-19(9-10-23(22)32(25)12-11-31(3)4)15-28-24(18(2)33)27(35)36-21-7-5-6-8-21/h9-10,13-14,16,18,21,24,28,33H,5-8,11-12,15H2,1-4H3,(H,29,34)/t18-,24?/m1/s1. The molecule has 9 heteroatoms. The number of ether oxygens (including phenoxy) is 1. The summed E-state index contributed by atoms with van der Waals surface area (Å²) in [5.41, 5.74) is 4.15. The number of imidazole rings is 1. The van der Waals surface area contributed by atoms with Gasteiger partial charge < -0.3 is 24.3 Å². The average Bonchev–Trinajstić information content (AvgIpc) is 3.46. The average molecular weight is 496 g/mol. The number of benzene rings is 1. The number of nitrogens with one attached hydrogen (secondary N) is 2. The lowest BCUT2D eigenvalue weighted by Gasteiger charge is -2.22. The number of hydrogen-bond acceptors (Lipinski definition) is 7. The van der Waals surface area contributed by atoms with Crippen LogP contribution in [0.3, 0.4) is 0 Å². The molecule has 2 atom stereocenters. The van der Waals surface area contributed by atoms with Crippen LogP contribution >= 0.6 is 0 Å². The van der Waals surface area contributed by atoms with Crippen LogP contribution in [-0.2, 0) is 22.6 Å². The van der Waals surface area contributed by atoms with Crippen LogP contribution in [0.15, 0.2) is 35.3 Å². The zero-order valence-corrected chi connectivity index (χ0v) is 21.6. The highest BCUT2D eigenvalue weighted by Crippen LogP contribution is 2.26. The van der Waals surface area contributed by atoms with Crippen molar-refractivity contribution in [2.24, 2.45) is 0 Å². The second-order valence-corrected chi connectivity index (χ2v) is 10.1. The topological polar surface area (TPSA) is 112 Å². The molecule has 1 aliphatic carbocycles. The summed E-state index contributed by atoms with van der Waals surface area (Å²) in [5, 5.41) is 13.4. The highest BCUT2D eigenvalue weighted by atomic mass is 16.5. The van der Waals surface area contributed by atoms with Gasteiger partial charge in [0.05, 0.1) is 17.1 Å². The molecule has 1 aromatic carbocycles. The number of aliphatic hydroxyl groups excluding tert-OH is 1. The van der Waals surface area contributed by atoms with Gasteiger partial charge in [-0.3, -0.25) is 14.9 Å². The fourth-order valence-electron chi connectivity index (χ4n) is 4.68. The molecule has 1 unspecified atom stereocenters. The number of esters is 1. The van der Waals surface area contributed by atoms with E-state index in [0.29, 0.717) is 12.1 Å². The Bertz CT molecular complexity index is 1260.